The molecule has 2 atom stereocenters. The summed E-state index contributed by atoms with van der Waals surface area (Å²) >= 11 is 0. The molecule has 3 fully saturated rings. The lowest BCUT2D eigenvalue weighted by molar-refractivity contribution is -0.181. The zero-order valence-corrected chi connectivity index (χ0v) is 15.4. The maximum absolute atomic E-state index is 13.1. The molecule has 0 N–H and O–H groups in total. The number of hydrogen-bond acceptors (Lipinski definition) is 5. The smallest absolute Gasteiger partial charge is 0.237 e. The molecule has 0 bridgehead atoms. The van der Waals surface area contributed by atoms with Gasteiger partial charge in [-0.15, -0.1) is 0 Å². The number of hydrogen-bond donors (Lipinski definition) is 0. The van der Waals surface area contributed by atoms with E-state index in [-0.39, 0.29) is 17.9 Å². The molecule has 2 amide bonds. The first-order valence-electron chi connectivity index (χ1n) is 9.84. The van der Waals surface area contributed by atoms with Gasteiger partial charge in [0.25, 0.3) is 0 Å². The Bertz CT molecular complexity index is 769. The highest BCUT2D eigenvalue weighted by molar-refractivity contribution is 5.85. The minimum Gasteiger partial charge on any atom is -0.492 e. The first-order valence-corrected chi connectivity index (χ1v) is 9.84. The van der Waals surface area contributed by atoms with Crippen LogP contribution < -0.4 is 4.74 Å². The van der Waals surface area contributed by atoms with Gasteiger partial charge in [-0.2, -0.15) is 0 Å². The summed E-state index contributed by atoms with van der Waals surface area (Å²) in [6.07, 6.45) is 1.99. The second-order valence-electron chi connectivity index (χ2n) is 7.82. The largest absolute Gasteiger partial charge is 0.492 e. The van der Waals surface area contributed by atoms with Crippen LogP contribution in [0.4, 0.5) is 0 Å². The summed E-state index contributed by atoms with van der Waals surface area (Å²) in [4.78, 5) is 31.5. The first kappa shape index (κ1) is 17.0. The highest BCUT2D eigenvalue weighted by atomic mass is 16.5. The Labute approximate surface area is 158 Å². The molecule has 4 heterocycles. The molecule has 0 aliphatic carbocycles. The molecular formula is C20H25N3O4. The Kier molecular flexibility index (Phi) is 4.09. The lowest BCUT2D eigenvalue weighted by Crippen LogP contribution is -2.57. The van der Waals surface area contributed by atoms with Gasteiger partial charge in [0.2, 0.25) is 11.8 Å². The number of likely N-dealkylation sites (tertiary alicyclic amines) is 1. The van der Waals surface area contributed by atoms with Gasteiger partial charge < -0.3 is 19.3 Å². The molecule has 144 valence electrons. The van der Waals surface area contributed by atoms with Gasteiger partial charge in [-0.05, 0) is 12.5 Å². The number of nitrogens with zero attached hydrogens (tertiary/aromatic N) is 3. The van der Waals surface area contributed by atoms with Crippen LogP contribution in [0.15, 0.2) is 24.3 Å². The second-order valence-corrected chi connectivity index (χ2v) is 7.82. The van der Waals surface area contributed by atoms with E-state index in [4.69, 9.17) is 9.47 Å². The molecule has 0 radical (unpaired) electrons. The number of fused-ring (bicyclic) bond motifs is 1. The van der Waals surface area contributed by atoms with E-state index in [0.29, 0.717) is 45.8 Å². The van der Waals surface area contributed by atoms with Gasteiger partial charge in [0, 0.05) is 38.2 Å². The van der Waals surface area contributed by atoms with Crippen molar-refractivity contribution in [2.24, 2.45) is 0 Å². The van der Waals surface area contributed by atoms with Crippen molar-refractivity contribution < 1.29 is 19.1 Å². The molecular weight excluding hydrogens is 346 g/mol. The van der Waals surface area contributed by atoms with Crippen molar-refractivity contribution in [2.75, 3.05) is 39.4 Å². The quantitative estimate of drug-likeness (QED) is 0.771. The Balaban J connectivity index is 1.30. The summed E-state index contributed by atoms with van der Waals surface area (Å²) in [5.41, 5.74) is 0.540. The fourth-order valence-electron chi connectivity index (χ4n) is 5.05. The van der Waals surface area contributed by atoms with Crippen molar-refractivity contribution in [3.63, 3.8) is 0 Å². The molecule has 4 aliphatic rings. The van der Waals surface area contributed by atoms with Gasteiger partial charge in [0.1, 0.15) is 12.4 Å². The second kappa shape index (κ2) is 6.49. The Morgan fingerprint density at radius 1 is 1.19 bits per heavy atom. The van der Waals surface area contributed by atoms with E-state index < -0.39 is 5.72 Å². The fourth-order valence-corrected chi connectivity index (χ4v) is 5.05. The molecule has 5 rings (SSSR count). The van der Waals surface area contributed by atoms with Crippen molar-refractivity contribution in [1.82, 2.24) is 14.7 Å². The first-order chi connectivity index (χ1) is 13.2. The van der Waals surface area contributed by atoms with E-state index in [1.165, 1.54) is 0 Å². The monoisotopic (exact) mass is 371 g/mol. The van der Waals surface area contributed by atoms with Crippen LogP contribution in [0.2, 0.25) is 0 Å². The molecule has 7 nitrogen and oxygen atoms in total. The van der Waals surface area contributed by atoms with Crippen molar-refractivity contribution >= 4 is 11.8 Å². The van der Waals surface area contributed by atoms with Crippen molar-refractivity contribution in [3.05, 3.63) is 29.8 Å². The third-order valence-electron chi connectivity index (χ3n) is 6.32. The predicted molar refractivity (Wildman–Crippen MR) is 97.0 cm³/mol. The number of carbonyl (C=O) groups excluding carboxylic acids is 2. The summed E-state index contributed by atoms with van der Waals surface area (Å²) in [6, 6.07) is 7.84. The van der Waals surface area contributed by atoms with Crippen LogP contribution in [0.1, 0.15) is 24.8 Å². The van der Waals surface area contributed by atoms with Gasteiger partial charge in [-0.1, -0.05) is 18.2 Å². The number of amides is 2. The Morgan fingerprint density at radius 3 is 3.00 bits per heavy atom. The van der Waals surface area contributed by atoms with Crippen molar-refractivity contribution in [2.45, 2.75) is 37.6 Å². The van der Waals surface area contributed by atoms with E-state index in [1.807, 2.05) is 34.1 Å². The van der Waals surface area contributed by atoms with Crippen LogP contribution in [0.5, 0.6) is 5.75 Å². The summed E-state index contributed by atoms with van der Waals surface area (Å²) in [6.45, 7) is 4.42. The predicted octanol–water partition coefficient (Wildman–Crippen LogP) is 0.831. The highest BCUT2D eigenvalue weighted by Gasteiger charge is 2.61. The maximum Gasteiger partial charge on any atom is 0.237 e. The molecule has 27 heavy (non-hydrogen) atoms. The number of rotatable bonds is 2. The van der Waals surface area contributed by atoms with E-state index in [0.717, 1.165) is 30.7 Å². The summed E-state index contributed by atoms with van der Waals surface area (Å²) in [5.74, 6) is 1.11. The molecule has 7 heteroatoms. The summed E-state index contributed by atoms with van der Waals surface area (Å²) < 4.78 is 11.9. The SMILES string of the molecule is O=C(CN1CCOc2ccccc2C1)N1CC[C@@]23OCCCN2C(=O)C[C@@H]13. The van der Waals surface area contributed by atoms with Crippen LogP contribution in [-0.4, -0.2) is 77.7 Å². The third-order valence-corrected chi connectivity index (χ3v) is 6.32. The van der Waals surface area contributed by atoms with Crippen LogP contribution in [0.3, 0.4) is 0 Å². The van der Waals surface area contributed by atoms with E-state index in [9.17, 15) is 9.59 Å². The average Bonchev–Trinajstić information content (AvgIpc) is 3.05. The Morgan fingerprint density at radius 2 is 2.07 bits per heavy atom. The molecule has 4 aliphatic heterocycles. The fraction of sp³-hybridized carbons (Fsp3) is 0.600. The van der Waals surface area contributed by atoms with Gasteiger partial charge in [0.05, 0.1) is 25.6 Å². The molecule has 0 saturated carbocycles. The standard InChI is InChI=1S/C20H25N3O4/c24-18-12-17-20(23(18)7-3-10-27-20)6-8-22(17)19(25)14-21-9-11-26-16-5-2-1-4-15(16)13-21/h1-2,4-5,17H,3,6-14H2/t17-,20+/m1/s1. The van der Waals surface area contributed by atoms with Crippen molar-refractivity contribution in [3.8, 4) is 5.75 Å². The average molecular weight is 371 g/mol. The zero-order valence-electron chi connectivity index (χ0n) is 15.4. The van der Waals surface area contributed by atoms with Gasteiger partial charge >= 0.3 is 0 Å². The minimum atomic E-state index is -0.570. The van der Waals surface area contributed by atoms with Crippen LogP contribution in [0, 0.1) is 0 Å². The van der Waals surface area contributed by atoms with Crippen LogP contribution in [-0.2, 0) is 20.9 Å². The van der Waals surface area contributed by atoms with Crippen LogP contribution >= 0.6 is 0 Å². The number of benzene rings is 1. The van der Waals surface area contributed by atoms with E-state index >= 15 is 0 Å². The number of ether oxygens (including phenoxy) is 2. The zero-order chi connectivity index (χ0) is 18.4. The number of para-hydroxylation sites is 1. The van der Waals surface area contributed by atoms with Crippen LogP contribution in [0.25, 0.3) is 0 Å². The lowest BCUT2D eigenvalue weighted by atomic mass is 10.0. The normalized spacial score (nSPS) is 30.4. The minimum absolute atomic E-state index is 0.0834. The van der Waals surface area contributed by atoms with Crippen molar-refractivity contribution in [1.29, 1.82) is 0 Å². The number of carbonyl (C=O) groups is 2. The molecule has 3 saturated heterocycles. The molecule has 0 unspecified atom stereocenters. The maximum atomic E-state index is 13.1. The summed E-state index contributed by atoms with van der Waals surface area (Å²) in [5, 5.41) is 0. The topological polar surface area (TPSA) is 62.3 Å². The third kappa shape index (κ3) is 2.72. The Hall–Kier alpha value is -2.12. The van der Waals surface area contributed by atoms with E-state index in [1.54, 1.807) is 0 Å². The molecule has 1 aromatic rings. The van der Waals surface area contributed by atoms with Gasteiger partial charge in [-0.3, -0.25) is 14.5 Å². The van der Waals surface area contributed by atoms with Gasteiger partial charge in [0.15, 0.2) is 5.72 Å². The lowest BCUT2D eigenvalue weighted by Gasteiger charge is -2.42. The highest BCUT2D eigenvalue weighted by Crippen LogP contribution is 2.44. The summed E-state index contributed by atoms with van der Waals surface area (Å²) in [7, 11) is 0. The molecule has 1 spiro atoms. The van der Waals surface area contributed by atoms with Gasteiger partial charge in [-0.25, -0.2) is 0 Å². The molecule has 0 aromatic heterocycles. The van der Waals surface area contributed by atoms with E-state index in [2.05, 4.69) is 4.90 Å². The molecule has 1 aromatic carbocycles.